The maximum Gasteiger partial charge on any atom is 0.276 e. The second-order valence-electron chi connectivity index (χ2n) is 13.7. The Bertz CT molecular complexity index is 1710. The molecule has 3 aromatic rings. The van der Waals surface area contributed by atoms with Crippen LogP contribution in [0.25, 0.3) is 5.57 Å². The van der Waals surface area contributed by atoms with Gasteiger partial charge >= 0.3 is 0 Å². The molecule has 2 aromatic heterocycles. The molecule has 4 atom stereocenters. The van der Waals surface area contributed by atoms with Crippen molar-refractivity contribution in [2.45, 2.75) is 77.4 Å². The number of carbonyl (C=O) groups excluding carboxylic acids is 3. The molecule has 0 bridgehead atoms. The molecule has 268 valence electrons. The number of hydrogen-bond donors (Lipinski definition) is 3. The molecule has 2 aliphatic heterocycles. The minimum Gasteiger partial charge on any atom is -0.350 e. The van der Waals surface area contributed by atoms with Gasteiger partial charge in [-0.3, -0.25) is 24.0 Å². The van der Waals surface area contributed by atoms with Gasteiger partial charge in [-0.2, -0.15) is 5.10 Å². The number of carbonyl (C=O) groups is 3. The summed E-state index contributed by atoms with van der Waals surface area (Å²) in [6.07, 6.45) is 4.29. The number of amides is 3. The van der Waals surface area contributed by atoms with Gasteiger partial charge in [-0.15, -0.1) is 0 Å². The molecule has 14 nitrogen and oxygen atoms in total. The highest BCUT2D eigenvalue weighted by Crippen LogP contribution is 2.36. The van der Waals surface area contributed by atoms with Crippen LogP contribution in [-0.4, -0.2) is 105 Å². The van der Waals surface area contributed by atoms with Crippen LogP contribution in [-0.2, 0) is 16.1 Å². The maximum absolute atomic E-state index is 15.8. The highest BCUT2D eigenvalue weighted by atomic mass is 19.1. The molecule has 50 heavy (non-hydrogen) atoms. The predicted molar refractivity (Wildman–Crippen MR) is 182 cm³/mol. The Labute approximate surface area is 290 Å². The summed E-state index contributed by atoms with van der Waals surface area (Å²) < 4.78 is 28.2. The zero-order valence-electron chi connectivity index (χ0n) is 29.0. The molecule has 3 fully saturated rings. The van der Waals surface area contributed by atoms with Gasteiger partial charge < -0.3 is 25.6 Å². The van der Waals surface area contributed by atoms with E-state index in [1.54, 1.807) is 29.9 Å². The van der Waals surface area contributed by atoms with E-state index in [0.29, 0.717) is 35.0 Å². The molecule has 15 heteroatoms. The number of nitrogens with zero attached hydrogens (tertiary/aromatic N) is 6. The van der Waals surface area contributed by atoms with Crippen LogP contribution in [0.3, 0.4) is 0 Å². The molecule has 3 N–H and O–H groups in total. The van der Waals surface area contributed by atoms with E-state index in [2.05, 4.69) is 61.7 Å². The number of rotatable bonds is 12. The minimum absolute atomic E-state index is 0.0311. The lowest BCUT2D eigenvalue weighted by Crippen LogP contribution is -2.49. The number of nitrogens with one attached hydrogen (secondary N) is 3. The molecule has 3 amide bonds. The van der Waals surface area contributed by atoms with E-state index in [-0.39, 0.29) is 23.5 Å². The third-order valence-electron chi connectivity index (χ3n) is 10.2. The van der Waals surface area contributed by atoms with Crippen LogP contribution in [0.2, 0.25) is 0 Å². The standard InChI is InChI=1S/C35H46FN9O5/c1-6-45-27(13-14-37-45)32(46)40-30(23-9-7-20(2)8-10-23)34(48)38-26-12-11-24(19-25(26)36)21(3)28(39-33(47)29-22(4)41-50-42-29)31-35(49-31)44-17-15-43(5)16-18-44/h11-14,19-20,23,28,30-31,35H,3,6-10,15-18H2,1-2,4-5H3,(H,38,48)(H,39,47)(H,40,46)/t20?,23?,28-,30+,31?,35?/m1/s1. The van der Waals surface area contributed by atoms with E-state index in [9.17, 15) is 14.4 Å². The van der Waals surface area contributed by atoms with E-state index in [1.807, 2.05) is 6.92 Å². The van der Waals surface area contributed by atoms with Gasteiger partial charge in [0.2, 0.25) is 5.91 Å². The smallest absolute Gasteiger partial charge is 0.276 e. The second-order valence-corrected chi connectivity index (χ2v) is 13.7. The van der Waals surface area contributed by atoms with Crippen molar-refractivity contribution >= 4 is 29.0 Å². The lowest BCUT2D eigenvalue weighted by molar-refractivity contribution is -0.119. The molecular formula is C35H46FN9O5. The van der Waals surface area contributed by atoms with Crippen molar-refractivity contribution in [2.24, 2.45) is 11.8 Å². The molecule has 1 aromatic carbocycles. The number of epoxide rings is 1. The summed E-state index contributed by atoms with van der Waals surface area (Å²) in [6.45, 7) is 13.8. The van der Waals surface area contributed by atoms with E-state index < -0.39 is 41.7 Å². The SMILES string of the molecule is C=C(c1ccc(NC(=O)[C@@H](NC(=O)c2ccnn2CC)C2CCC(C)CC2)c(F)c1)[C@@H](NC(=O)c1nonc1C)C1OC1N1CCN(C)CC1. The van der Waals surface area contributed by atoms with Crippen molar-refractivity contribution in [3.05, 3.63) is 65.5 Å². The first-order valence-electron chi connectivity index (χ1n) is 17.3. The summed E-state index contributed by atoms with van der Waals surface area (Å²) in [4.78, 5) is 44.7. The number of halogens is 1. The quantitative estimate of drug-likeness (QED) is 0.241. The molecule has 0 spiro atoms. The molecule has 1 saturated carbocycles. The van der Waals surface area contributed by atoms with Crippen molar-refractivity contribution in [3.8, 4) is 0 Å². The molecule has 2 unspecified atom stereocenters. The number of likely N-dealkylation sites (N-methyl/N-ethyl adjacent to an activating group) is 1. The lowest BCUT2D eigenvalue weighted by Gasteiger charge is -2.32. The number of aromatic nitrogens is 4. The number of benzene rings is 1. The number of aryl methyl sites for hydroxylation is 2. The van der Waals surface area contributed by atoms with Crippen molar-refractivity contribution in [1.29, 1.82) is 0 Å². The number of hydrogen-bond acceptors (Lipinski definition) is 10. The Morgan fingerprint density at radius 2 is 1.74 bits per heavy atom. The average molecular weight is 692 g/mol. The summed E-state index contributed by atoms with van der Waals surface area (Å²) in [5.74, 6) is -1.66. The van der Waals surface area contributed by atoms with E-state index in [4.69, 9.17) is 9.37 Å². The number of piperazine rings is 1. The highest BCUT2D eigenvalue weighted by Gasteiger charge is 2.50. The fourth-order valence-electron chi connectivity index (χ4n) is 6.96. The Balaban J connectivity index is 1.19. The van der Waals surface area contributed by atoms with Crippen molar-refractivity contribution in [2.75, 3.05) is 38.5 Å². The summed E-state index contributed by atoms with van der Waals surface area (Å²) in [7, 11) is 2.07. The molecule has 4 heterocycles. The van der Waals surface area contributed by atoms with Crippen molar-refractivity contribution in [1.82, 2.24) is 40.5 Å². The van der Waals surface area contributed by atoms with Gasteiger partial charge in [0.15, 0.2) is 5.69 Å². The molecule has 1 aliphatic carbocycles. The van der Waals surface area contributed by atoms with Crippen LogP contribution < -0.4 is 16.0 Å². The van der Waals surface area contributed by atoms with Gasteiger partial charge in [0, 0.05) is 38.9 Å². The zero-order valence-corrected chi connectivity index (χ0v) is 29.0. The largest absolute Gasteiger partial charge is 0.350 e. The monoisotopic (exact) mass is 691 g/mol. The summed E-state index contributed by atoms with van der Waals surface area (Å²) in [5, 5.41) is 20.2. The van der Waals surface area contributed by atoms with Gasteiger partial charge in [0.1, 0.15) is 35.6 Å². The Kier molecular flexibility index (Phi) is 10.7. The number of ether oxygens (including phenoxy) is 1. The summed E-state index contributed by atoms with van der Waals surface area (Å²) >= 11 is 0. The van der Waals surface area contributed by atoms with Gasteiger partial charge in [-0.25, -0.2) is 9.02 Å². The fraction of sp³-hybridized carbons (Fsp3) is 0.543. The normalized spacial score (nSPS) is 23.9. The highest BCUT2D eigenvalue weighted by molar-refractivity contribution is 6.01. The summed E-state index contributed by atoms with van der Waals surface area (Å²) in [5.41, 5.74) is 1.55. The van der Waals surface area contributed by atoms with Crippen molar-refractivity contribution < 1.29 is 28.1 Å². The van der Waals surface area contributed by atoms with Crippen LogP contribution in [0.15, 0.2) is 41.7 Å². The number of anilines is 1. The summed E-state index contributed by atoms with van der Waals surface area (Å²) in [6, 6.07) is 4.43. The fourth-order valence-corrected chi connectivity index (χ4v) is 6.96. The maximum atomic E-state index is 15.8. The van der Waals surface area contributed by atoms with E-state index in [0.717, 1.165) is 51.9 Å². The Morgan fingerprint density at radius 3 is 2.40 bits per heavy atom. The van der Waals surface area contributed by atoms with Crippen LogP contribution >= 0.6 is 0 Å². The Morgan fingerprint density at radius 1 is 1.02 bits per heavy atom. The third-order valence-corrected chi connectivity index (χ3v) is 10.2. The average Bonchev–Trinajstić information content (AvgIpc) is 3.51. The van der Waals surface area contributed by atoms with Crippen LogP contribution in [0, 0.1) is 24.6 Å². The molecule has 0 radical (unpaired) electrons. The zero-order chi connectivity index (χ0) is 35.5. The first kappa shape index (κ1) is 35.4. The van der Waals surface area contributed by atoms with E-state index >= 15 is 4.39 Å². The molecule has 6 rings (SSSR count). The topological polar surface area (TPSA) is 163 Å². The second kappa shape index (κ2) is 15.2. The van der Waals surface area contributed by atoms with Gasteiger partial charge in [0.25, 0.3) is 11.8 Å². The molecular weight excluding hydrogens is 645 g/mol. The van der Waals surface area contributed by atoms with Gasteiger partial charge in [-0.05, 0) is 80.1 Å². The molecule has 3 aliphatic rings. The predicted octanol–water partition coefficient (Wildman–Crippen LogP) is 3.08. The Hall–Kier alpha value is -4.47. The third kappa shape index (κ3) is 7.79. The lowest BCUT2D eigenvalue weighted by atomic mass is 9.79. The van der Waals surface area contributed by atoms with Crippen molar-refractivity contribution in [3.63, 3.8) is 0 Å². The van der Waals surface area contributed by atoms with Crippen LogP contribution in [0.1, 0.15) is 71.8 Å². The molecule has 2 saturated heterocycles. The first-order chi connectivity index (χ1) is 24.0. The van der Waals surface area contributed by atoms with E-state index in [1.165, 1.54) is 12.1 Å². The van der Waals surface area contributed by atoms with Gasteiger partial charge in [-0.1, -0.05) is 37.6 Å². The minimum atomic E-state index is -0.864. The van der Waals surface area contributed by atoms with Gasteiger partial charge in [0.05, 0.1) is 11.7 Å². The van der Waals surface area contributed by atoms with Crippen LogP contribution in [0.5, 0.6) is 0 Å². The first-order valence-corrected chi connectivity index (χ1v) is 17.3. The van der Waals surface area contributed by atoms with Crippen LogP contribution in [0.4, 0.5) is 10.1 Å².